The van der Waals surface area contributed by atoms with Crippen molar-refractivity contribution in [1.29, 1.82) is 0 Å². The topological polar surface area (TPSA) is 71.3 Å². The average Bonchev–Trinajstić information content (AvgIpc) is 3.05. The molecule has 0 fully saturated rings. The molecule has 2 amide bonds. The van der Waals surface area contributed by atoms with E-state index < -0.39 is 0 Å². The number of carbonyl (C=O) groups is 1. The van der Waals surface area contributed by atoms with Crippen molar-refractivity contribution in [3.8, 4) is 11.4 Å². The van der Waals surface area contributed by atoms with E-state index in [1.54, 1.807) is 7.05 Å². The molecule has 2 aromatic carbocycles. The van der Waals surface area contributed by atoms with E-state index >= 15 is 0 Å². The molecule has 0 aliphatic heterocycles. The Balaban J connectivity index is 1.63. The normalized spacial score (nSPS) is 10.4. The lowest BCUT2D eigenvalue weighted by Gasteiger charge is -2.15. The Labute approximate surface area is 140 Å². The maximum absolute atomic E-state index is 12.2. The van der Waals surface area contributed by atoms with E-state index in [1.807, 2.05) is 61.5 Å². The van der Waals surface area contributed by atoms with Gasteiger partial charge in [0.05, 0.1) is 0 Å². The largest absolute Gasteiger partial charge is 0.337 e. The van der Waals surface area contributed by atoms with Crippen LogP contribution in [0, 0.1) is 6.92 Å². The third-order valence-electron chi connectivity index (χ3n) is 3.52. The van der Waals surface area contributed by atoms with Gasteiger partial charge in [-0.05, 0) is 19.1 Å². The highest BCUT2D eigenvalue weighted by atomic mass is 16.5. The van der Waals surface area contributed by atoms with Gasteiger partial charge < -0.3 is 14.7 Å². The van der Waals surface area contributed by atoms with E-state index in [2.05, 4.69) is 15.5 Å². The molecule has 6 nitrogen and oxygen atoms in total. The molecule has 0 saturated heterocycles. The predicted molar refractivity (Wildman–Crippen MR) is 91.4 cm³/mol. The highest BCUT2D eigenvalue weighted by Gasteiger charge is 2.14. The van der Waals surface area contributed by atoms with E-state index in [0.29, 0.717) is 11.7 Å². The van der Waals surface area contributed by atoms with Gasteiger partial charge in [0.1, 0.15) is 6.54 Å². The van der Waals surface area contributed by atoms with Crippen LogP contribution in [0.5, 0.6) is 0 Å². The summed E-state index contributed by atoms with van der Waals surface area (Å²) in [5.41, 5.74) is 2.78. The number of rotatable bonds is 4. The fourth-order valence-electron chi connectivity index (χ4n) is 2.15. The zero-order valence-corrected chi connectivity index (χ0v) is 13.6. The van der Waals surface area contributed by atoms with Crippen LogP contribution in [0.2, 0.25) is 0 Å². The number of para-hydroxylation sites is 1. The van der Waals surface area contributed by atoms with Crippen molar-refractivity contribution in [3.05, 3.63) is 66.1 Å². The molecule has 24 heavy (non-hydrogen) atoms. The number of anilines is 1. The average molecular weight is 322 g/mol. The molecule has 3 rings (SSSR count). The molecule has 1 heterocycles. The van der Waals surface area contributed by atoms with Gasteiger partial charge in [-0.3, -0.25) is 0 Å². The first kappa shape index (κ1) is 15.7. The maximum atomic E-state index is 12.2. The Kier molecular flexibility index (Phi) is 4.56. The lowest BCUT2D eigenvalue weighted by molar-refractivity contribution is 0.213. The van der Waals surface area contributed by atoms with Gasteiger partial charge in [-0.2, -0.15) is 4.98 Å². The number of aromatic nitrogens is 2. The van der Waals surface area contributed by atoms with Crippen LogP contribution in [0.4, 0.5) is 10.5 Å². The molecule has 122 valence electrons. The fourth-order valence-corrected chi connectivity index (χ4v) is 2.15. The van der Waals surface area contributed by atoms with E-state index in [4.69, 9.17) is 4.52 Å². The van der Waals surface area contributed by atoms with Crippen molar-refractivity contribution < 1.29 is 9.32 Å². The van der Waals surface area contributed by atoms with Crippen LogP contribution >= 0.6 is 0 Å². The summed E-state index contributed by atoms with van der Waals surface area (Å²) in [6.07, 6.45) is 0. The molecular weight excluding hydrogens is 304 g/mol. The number of aryl methyl sites for hydroxylation is 1. The highest BCUT2D eigenvalue weighted by Crippen LogP contribution is 2.17. The molecule has 0 bridgehead atoms. The molecule has 1 N–H and O–H groups in total. The van der Waals surface area contributed by atoms with Crippen molar-refractivity contribution in [2.45, 2.75) is 13.5 Å². The number of nitrogens with one attached hydrogen (secondary N) is 1. The summed E-state index contributed by atoms with van der Waals surface area (Å²) >= 11 is 0. The Hall–Kier alpha value is -3.15. The van der Waals surface area contributed by atoms with E-state index in [-0.39, 0.29) is 12.6 Å². The summed E-state index contributed by atoms with van der Waals surface area (Å²) in [5, 5.41) is 6.77. The number of hydrogen-bond acceptors (Lipinski definition) is 4. The van der Waals surface area contributed by atoms with Crippen LogP contribution in [-0.2, 0) is 6.54 Å². The number of urea groups is 1. The van der Waals surface area contributed by atoms with Crippen LogP contribution in [0.1, 0.15) is 11.5 Å². The Morgan fingerprint density at radius 1 is 1.12 bits per heavy atom. The SMILES string of the molecule is Cc1ccc(-c2noc(CN(C)C(=O)Nc3ccccc3)n2)cc1. The molecule has 0 aliphatic carbocycles. The van der Waals surface area contributed by atoms with Gasteiger partial charge in [-0.1, -0.05) is 53.2 Å². The first-order chi connectivity index (χ1) is 11.6. The Morgan fingerprint density at radius 3 is 2.54 bits per heavy atom. The van der Waals surface area contributed by atoms with E-state index in [0.717, 1.165) is 11.3 Å². The molecular formula is C18H18N4O2. The zero-order valence-electron chi connectivity index (χ0n) is 13.6. The molecule has 3 aromatic rings. The summed E-state index contributed by atoms with van der Waals surface area (Å²) < 4.78 is 5.24. The standard InChI is InChI=1S/C18H18N4O2/c1-13-8-10-14(11-9-13)17-20-16(24-21-17)12-22(2)18(23)19-15-6-4-3-5-7-15/h3-11H,12H2,1-2H3,(H,19,23). The number of amides is 2. The summed E-state index contributed by atoms with van der Waals surface area (Å²) in [6, 6.07) is 16.9. The predicted octanol–water partition coefficient (Wildman–Crippen LogP) is 3.71. The molecule has 0 atom stereocenters. The Bertz CT molecular complexity index is 813. The van der Waals surface area contributed by atoms with Gasteiger partial charge in [0, 0.05) is 18.3 Å². The van der Waals surface area contributed by atoms with Crippen molar-refractivity contribution in [2.24, 2.45) is 0 Å². The van der Waals surface area contributed by atoms with Crippen molar-refractivity contribution >= 4 is 11.7 Å². The van der Waals surface area contributed by atoms with Crippen molar-refractivity contribution in [1.82, 2.24) is 15.0 Å². The molecule has 0 saturated carbocycles. The lowest BCUT2D eigenvalue weighted by Crippen LogP contribution is -2.30. The first-order valence-electron chi connectivity index (χ1n) is 7.58. The lowest BCUT2D eigenvalue weighted by atomic mass is 10.1. The summed E-state index contributed by atoms with van der Waals surface area (Å²) in [4.78, 5) is 18.0. The highest BCUT2D eigenvalue weighted by molar-refractivity contribution is 5.88. The molecule has 0 unspecified atom stereocenters. The van der Waals surface area contributed by atoms with Crippen LogP contribution in [-0.4, -0.2) is 28.1 Å². The van der Waals surface area contributed by atoms with Crippen LogP contribution < -0.4 is 5.32 Å². The van der Waals surface area contributed by atoms with Gasteiger partial charge in [-0.25, -0.2) is 4.79 Å². The van der Waals surface area contributed by atoms with Crippen LogP contribution in [0.3, 0.4) is 0 Å². The maximum Gasteiger partial charge on any atom is 0.322 e. The smallest absolute Gasteiger partial charge is 0.322 e. The monoisotopic (exact) mass is 322 g/mol. The minimum Gasteiger partial charge on any atom is -0.337 e. The van der Waals surface area contributed by atoms with Crippen LogP contribution in [0.15, 0.2) is 59.1 Å². The van der Waals surface area contributed by atoms with Crippen molar-refractivity contribution in [2.75, 3.05) is 12.4 Å². The number of carbonyl (C=O) groups excluding carboxylic acids is 1. The third-order valence-corrected chi connectivity index (χ3v) is 3.52. The van der Waals surface area contributed by atoms with Gasteiger partial charge in [0.15, 0.2) is 0 Å². The third kappa shape index (κ3) is 3.78. The fraction of sp³-hybridized carbons (Fsp3) is 0.167. The van der Waals surface area contributed by atoms with Gasteiger partial charge >= 0.3 is 6.03 Å². The number of nitrogens with zero attached hydrogens (tertiary/aromatic N) is 3. The number of hydrogen-bond donors (Lipinski definition) is 1. The first-order valence-corrected chi connectivity index (χ1v) is 7.58. The van der Waals surface area contributed by atoms with Gasteiger partial charge in [0.25, 0.3) is 0 Å². The second-order valence-corrected chi connectivity index (χ2v) is 5.53. The minimum atomic E-state index is -0.240. The summed E-state index contributed by atoms with van der Waals surface area (Å²) in [5.74, 6) is 0.901. The van der Waals surface area contributed by atoms with Gasteiger partial charge in [0.2, 0.25) is 11.7 Å². The molecule has 1 aromatic heterocycles. The molecule has 0 spiro atoms. The summed E-state index contributed by atoms with van der Waals surface area (Å²) in [7, 11) is 1.67. The molecule has 0 radical (unpaired) electrons. The molecule has 6 heteroatoms. The van der Waals surface area contributed by atoms with Gasteiger partial charge in [-0.15, -0.1) is 0 Å². The minimum absolute atomic E-state index is 0.234. The van der Waals surface area contributed by atoms with Crippen molar-refractivity contribution in [3.63, 3.8) is 0 Å². The quantitative estimate of drug-likeness (QED) is 0.795. The summed E-state index contributed by atoms with van der Waals surface area (Å²) in [6.45, 7) is 2.25. The molecule has 0 aliphatic rings. The van der Waals surface area contributed by atoms with E-state index in [9.17, 15) is 4.79 Å². The second-order valence-electron chi connectivity index (χ2n) is 5.53. The van der Waals surface area contributed by atoms with E-state index in [1.165, 1.54) is 10.5 Å². The van der Waals surface area contributed by atoms with Crippen LogP contribution in [0.25, 0.3) is 11.4 Å². The second kappa shape index (κ2) is 6.95. The zero-order chi connectivity index (χ0) is 16.9. The Morgan fingerprint density at radius 2 is 1.83 bits per heavy atom. The number of benzene rings is 2.